The average Bonchev–Trinajstić information content (AvgIpc) is 3.72. The van der Waals surface area contributed by atoms with Crippen LogP contribution in [0.25, 0.3) is 10.8 Å². The number of fused-ring (bicyclic) bond motifs is 2. The molecule has 9 nitrogen and oxygen atoms in total. The number of nitrogens with one attached hydrogen (secondary N) is 1. The lowest BCUT2D eigenvalue weighted by atomic mass is 10.0. The smallest absolute Gasteiger partial charge is 0.318 e. The van der Waals surface area contributed by atoms with E-state index in [2.05, 4.69) is 32.2 Å². The third-order valence-electron chi connectivity index (χ3n) is 8.92. The molecule has 0 spiro atoms. The van der Waals surface area contributed by atoms with Crippen molar-refractivity contribution in [1.82, 2.24) is 20.2 Å². The van der Waals surface area contributed by atoms with Gasteiger partial charge in [-0.1, -0.05) is 24.3 Å². The maximum Gasteiger partial charge on any atom is 0.318 e. The Balaban J connectivity index is 1.20. The van der Waals surface area contributed by atoms with E-state index >= 15 is 0 Å². The van der Waals surface area contributed by atoms with Crippen LogP contribution in [0.1, 0.15) is 43.4 Å². The monoisotopic (exact) mass is 539 g/mol. The number of hydrogen-bond donors (Lipinski definition) is 2. The van der Waals surface area contributed by atoms with Gasteiger partial charge < -0.3 is 25.0 Å². The van der Waals surface area contributed by atoms with Crippen LogP contribution >= 0.6 is 0 Å². The van der Waals surface area contributed by atoms with Crippen molar-refractivity contribution in [3.63, 3.8) is 0 Å². The summed E-state index contributed by atoms with van der Waals surface area (Å²) in [5, 5.41) is 25.4. The number of anilines is 2. The normalized spacial score (nSPS) is 23.3. The van der Waals surface area contributed by atoms with Crippen LogP contribution < -0.4 is 19.9 Å². The number of nitriles is 1. The number of hydrogen-bond acceptors (Lipinski definition) is 9. The summed E-state index contributed by atoms with van der Waals surface area (Å²) >= 11 is 0. The topological polar surface area (TPSA) is 101 Å². The highest BCUT2D eigenvalue weighted by molar-refractivity contribution is 5.95. The summed E-state index contributed by atoms with van der Waals surface area (Å²) in [6, 6.07) is 15.9. The molecule has 0 amide bonds. The maximum atomic E-state index is 10.5. The Bertz CT molecular complexity index is 1440. The Kier molecular flexibility index (Phi) is 6.82. The molecule has 1 aromatic heterocycles. The number of benzene rings is 2. The van der Waals surface area contributed by atoms with Crippen LogP contribution in [0.4, 0.5) is 11.5 Å². The molecular formula is C31H37N7O2. The van der Waals surface area contributed by atoms with Gasteiger partial charge in [0.05, 0.1) is 24.7 Å². The Hall–Kier alpha value is -3.61. The van der Waals surface area contributed by atoms with Gasteiger partial charge in [-0.15, -0.1) is 0 Å². The Morgan fingerprint density at radius 3 is 2.85 bits per heavy atom. The summed E-state index contributed by atoms with van der Waals surface area (Å²) in [6.45, 7) is 5.63. The highest BCUT2D eigenvalue weighted by Gasteiger charge is 2.37. The molecule has 3 aromatic rings. The molecule has 0 radical (unpaired) electrons. The number of aromatic hydroxyl groups is 1. The minimum atomic E-state index is 0.123. The maximum absolute atomic E-state index is 10.5. The lowest BCUT2D eigenvalue weighted by molar-refractivity contribution is 0.158. The lowest BCUT2D eigenvalue weighted by Gasteiger charge is -2.37. The van der Waals surface area contributed by atoms with Crippen molar-refractivity contribution in [1.29, 1.82) is 5.26 Å². The third-order valence-corrected chi connectivity index (χ3v) is 8.92. The van der Waals surface area contributed by atoms with Crippen LogP contribution in [0, 0.1) is 11.3 Å². The number of aromatic nitrogens is 2. The highest BCUT2D eigenvalue weighted by Crippen LogP contribution is 2.37. The van der Waals surface area contributed by atoms with Crippen molar-refractivity contribution in [2.24, 2.45) is 0 Å². The molecular weight excluding hydrogens is 502 g/mol. The van der Waals surface area contributed by atoms with Crippen LogP contribution in [0.2, 0.25) is 0 Å². The second-order valence-corrected chi connectivity index (χ2v) is 11.6. The van der Waals surface area contributed by atoms with E-state index in [0.29, 0.717) is 31.6 Å². The third kappa shape index (κ3) is 5.02. The van der Waals surface area contributed by atoms with Crippen molar-refractivity contribution >= 4 is 22.3 Å². The van der Waals surface area contributed by atoms with Gasteiger partial charge in [0.25, 0.3) is 0 Å². The van der Waals surface area contributed by atoms with E-state index in [-0.39, 0.29) is 11.8 Å². The van der Waals surface area contributed by atoms with E-state index in [0.717, 1.165) is 66.6 Å². The minimum Gasteiger partial charge on any atom is -0.508 e. The fraction of sp³-hybridized carbons (Fsp3) is 0.516. The molecule has 3 fully saturated rings. The molecule has 4 aliphatic rings. The Labute approximate surface area is 235 Å². The summed E-state index contributed by atoms with van der Waals surface area (Å²) < 4.78 is 6.38. The van der Waals surface area contributed by atoms with Gasteiger partial charge in [-0.2, -0.15) is 15.2 Å². The molecule has 1 aliphatic carbocycles. The van der Waals surface area contributed by atoms with Gasteiger partial charge in [0.2, 0.25) is 0 Å². The number of piperazine rings is 1. The van der Waals surface area contributed by atoms with Gasteiger partial charge in [0.1, 0.15) is 18.2 Å². The molecule has 40 heavy (non-hydrogen) atoms. The molecule has 7 rings (SSSR count). The van der Waals surface area contributed by atoms with Crippen molar-refractivity contribution in [2.75, 3.05) is 49.1 Å². The van der Waals surface area contributed by atoms with E-state index in [4.69, 9.17) is 14.7 Å². The molecule has 1 saturated carbocycles. The van der Waals surface area contributed by atoms with Crippen molar-refractivity contribution in [2.45, 2.75) is 63.2 Å². The molecule has 0 unspecified atom stereocenters. The second kappa shape index (κ2) is 10.8. The Morgan fingerprint density at radius 1 is 1.07 bits per heavy atom. The van der Waals surface area contributed by atoms with Crippen LogP contribution in [-0.2, 0) is 13.0 Å². The number of rotatable bonds is 7. The predicted octanol–water partition coefficient (Wildman–Crippen LogP) is 3.60. The molecule has 9 heteroatoms. The standard InChI is InChI=1S/C31H37N7O2/c32-11-9-22-18-37(15-12-33-22)30-27-10-14-36(29-17-25(39)16-21-4-1-2-6-26(21)29)19-28(27)34-31(35-30)40-20-24-5-3-13-38(24)23-7-8-23/h1-2,4,6,16-17,22-24,33,39H,3,5,7-10,12-15,18-20H2/t22-,24-/m0/s1. The van der Waals surface area contributed by atoms with E-state index < -0.39 is 0 Å². The van der Waals surface area contributed by atoms with Crippen molar-refractivity contribution in [3.05, 3.63) is 47.7 Å². The average molecular weight is 540 g/mol. The molecule has 3 aliphatic heterocycles. The summed E-state index contributed by atoms with van der Waals surface area (Å²) in [5.74, 6) is 1.23. The zero-order valence-corrected chi connectivity index (χ0v) is 22.9. The first-order valence-electron chi connectivity index (χ1n) is 14.8. The first-order valence-corrected chi connectivity index (χ1v) is 14.8. The zero-order chi connectivity index (χ0) is 27.1. The fourth-order valence-electron chi connectivity index (χ4n) is 6.82. The molecule has 2 atom stereocenters. The Morgan fingerprint density at radius 2 is 1.98 bits per heavy atom. The van der Waals surface area contributed by atoms with Crippen LogP contribution in [-0.4, -0.2) is 77.4 Å². The van der Waals surface area contributed by atoms with Gasteiger partial charge in [0.15, 0.2) is 0 Å². The van der Waals surface area contributed by atoms with Crippen molar-refractivity contribution < 1.29 is 9.84 Å². The van der Waals surface area contributed by atoms with E-state index in [1.165, 1.54) is 37.8 Å². The summed E-state index contributed by atoms with van der Waals surface area (Å²) in [5.41, 5.74) is 3.18. The van der Waals surface area contributed by atoms with Crippen LogP contribution in [0.15, 0.2) is 36.4 Å². The fourth-order valence-corrected chi connectivity index (χ4v) is 6.82. The van der Waals surface area contributed by atoms with E-state index in [9.17, 15) is 10.4 Å². The molecule has 208 valence electrons. The van der Waals surface area contributed by atoms with Crippen LogP contribution in [0.3, 0.4) is 0 Å². The number of ether oxygens (including phenoxy) is 1. The molecule has 2 N–H and O–H groups in total. The number of phenolic OH excluding ortho intramolecular Hbond substituents is 1. The minimum absolute atomic E-state index is 0.123. The van der Waals surface area contributed by atoms with Crippen molar-refractivity contribution in [3.8, 4) is 17.8 Å². The quantitative estimate of drug-likeness (QED) is 0.466. The SMILES string of the molecule is N#CC[C@H]1CN(c2nc(OC[C@@H]3CCCN3C3CC3)nc3c2CCN(c2cc(O)cc4ccccc24)C3)CCN1. The van der Waals surface area contributed by atoms with Crippen LogP contribution in [0.5, 0.6) is 11.8 Å². The number of phenols is 1. The zero-order valence-electron chi connectivity index (χ0n) is 22.9. The molecule has 2 aromatic carbocycles. The molecule has 4 heterocycles. The summed E-state index contributed by atoms with van der Waals surface area (Å²) in [6.07, 6.45) is 6.30. The molecule has 0 bridgehead atoms. The summed E-state index contributed by atoms with van der Waals surface area (Å²) in [4.78, 5) is 17.3. The van der Waals surface area contributed by atoms with Gasteiger partial charge in [0, 0.05) is 67.0 Å². The highest BCUT2D eigenvalue weighted by atomic mass is 16.5. The van der Waals surface area contributed by atoms with E-state index in [1.807, 2.05) is 30.3 Å². The first kappa shape index (κ1) is 25.4. The van der Waals surface area contributed by atoms with Gasteiger partial charge >= 0.3 is 6.01 Å². The molecule has 2 saturated heterocycles. The van der Waals surface area contributed by atoms with Gasteiger partial charge in [-0.05, 0) is 50.1 Å². The lowest BCUT2D eigenvalue weighted by Crippen LogP contribution is -2.51. The first-order chi connectivity index (χ1) is 19.7. The number of nitrogens with zero attached hydrogens (tertiary/aromatic N) is 6. The summed E-state index contributed by atoms with van der Waals surface area (Å²) in [7, 11) is 0. The van der Waals surface area contributed by atoms with Gasteiger partial charge in [-0.3, -0.25) is 4.90 Å². The predicted molar refractivity (Wildman–Crippen MR) is 155 cm³/mol. The van der Waals surface area contributed by atoms with Gasteiger partial charge in [-0.25, -0.2) is 0 Å². The largest absolute Gasteiger partial charge is 0.508 e. The second-order valence-electron chi connectivity index (χ2n) is 11.6. The van der Waals surface area contributed by atoms with E-state index in [1.54, 1.807) is 0 Å². The number of likely N-dealkylation sites (tertiary alicyclic amines) is 1.